The van der Waals surface area contributed by atoms with E-state index in [4.69, 9.17) is 22.3 Å². The first-order valence-electron chi connectivity index (χ1n) is 6.33. The standard InChI is InChI=1S/C8H18N6.C5H8O2.2ClH/c1-7(2,5(9)10)13-14-8(3,4)6(11)12;1-3-5(6)7-4-2;;/h1-4H3,(H3,9,10)(H3,11,12);3H,1,4H2,2H3;2*1H. The summed E-state index contributed by atoms with van der Waals surface area (Å²) in [4.78, 5) is 10.1. The van der Waals surface area contributed by atoms with Crippen LogP contribution in [-0.2, 0) is 9.53 Å². The number of rotatable bonds is 6. The van der Waals surface area contributed by atoms with Crippen molar-refractivity contribution < 1.29 is 9.53 Å². The Morgan fingerprint density at radius 2 is 1.39 bits per heavy atom. The van der Waals surface area contributed by atoms with Gasteiger partial charge in [-0.2, -0.15) is 10.2 Å². The number of nitrogens with two attached hydrogens (primary N) is 2. The predicted molar refractivity (Wildman–Crippen MR) is 98.2 cm³/mol. The van der Waals surface area contributed by atoms with E-state index in [1.165, 1.54) is 0 Å². The van der Waals surface area contributed by atoms with Gasteiger partial charge in [0.1, 0.15) is 22.7 Å². The second kappa shape index (κ2) is 12.8. The number of hydrogen-bond donors (Lipinski definition) is 4. The summed E-state index contributed by atoms with van der Waals surface area (Å²) in [5.41, 5.74) is 8.96. The maximum absolute atomic E-state index is 10.1. The molecule has 0 unspecified atom stereocenters. The molecule has 0 saturated heterocycles. The molecule has 0 fully saturated rings. The zero-order valence-electron chi connectivity index (χ0n) is 14.2. The van der Waals surface area contributed by atoms with Crippen LogP contribution in [0.2, 0.25) is 0 Å². The molecular weight excluding hydrogens is 343 g/mol. The molecule has 0 spiro atoms. The summed E-state index contributed by atoms with van der Waals surface area (Å²) in [7, 11) is 0. The van der Waals surface area contributed by atoms with Gasteiger partial charge in [0, 0.05) is 6.08 Å². The average molecular weight is 371 g/mol. The molecule has 23 heavy (non-hydrogen) atoms. The van der Waals surface area contributed by atoms with Gasteiger partial charge in [0.05, 0.1) is 6.61 Å². The fourth-order valence-corrected chi connectivity index (χ4v) is 0.559. The molecule has 6 N–H and O–H groups in total. The fraction of sp³-hybridized carbons (Fsp3) is 0.615. The Balaban J connectivity index is -0.000000173. The zero-order chi connectivity index (χ0) is 17.3. The van der Waals surface area contributed by atoms with E-state index < -0.39 is 11.1 Å². The number of hydrogen-bond acceptors (Lipinski definition) is 6. The lowest BCUT2D eigenvalue weighted by Crippen LogP contribution is -2.38. The van der Waals surface area contributed by atoms with Gasteiger partial charge in [-0.25, -0.2) is 4.79 Å². The first-order chi connectivity index (χ1) is 9.40. The molecule has 0 saturated carbocycles. The lowest BCUT2D eigenvalue weighted by molar-refractivity contribution is -0.137. The largest absolute Gasteiger partial charge is 0.463 e. The smallest absolute Gasteiger partial charge is 0.330 e. The van der Waals surface area contributed by atoms with Gasteiger partial charge in [-0.3, -0.25) is 10.8 Å². The van der Waals surface area contributed by atoms with E-state index in [1.807, 2.05) is 0 Å². The highest BCUT2D eigenvalue weighted by molar-refractivity contribution is 5.87. The maximum atomic E-state index is 10.1. The number of nitrogens with zero attached hydrogens (tertiary/aromatic N) is 2. The van der Waals surface area contributed by atoms with Crippen molar-refractivity contribution >= 4 is 42.5 Å². The number of ether oxygens (including phenoxy) is 1. The van der Waals surface area contributed by atoms with Gasteiger partial charge < -0.3 is 16.2 Å². The third kappa shape index (κ3) is 13.7. The van der Waals surface area contributed by atoms with Crippen LogP contribution in [0.5, 0.6) is 0 Å². The number of amidine groups is 2. The summed E-state index contributed by atoms with van der Waals surface area (Å²) < 4.78 is 4.43. The number of halogens is 2. The zero-order valence-corrected chi connectivity index (χ0v) is 15.8. The van der Waals surface area contributed by atoms with Crippen molar-refractivity contribution in [2.75, 3.05) is 6.61 Å². The third-order valence-corrected chi connectivity index (χ3v) is 2.32. The molecule has 0 aromatic rings. The van der Waals surface area contributed by atoms with E-state index in [2.05, 4.69) is 21.5 Å². The van der Waals surface area contributed by atoms with Crippen LogP contribution in [0.15, 0.2) is 22.9 Å². The van der Waals surface area contributed by atoms with Crippen molar-refractivity contribution in [2.24, 2.45) is 21.7 Å². The van der Waals surface area contributed by atoms with Crippen molar-refractivity contribution in [1.82, 2.24) is 0 Å². The van der Waals surface area contributed by atoms with Crippen molar-refractivity contribution in [1.29, 1.82) is 10.8 Å². The highest BCUT2D eigenvalue weighted by Crippen LogP contribution is 2.15. The summed E-state index contributed by atoms with van der Waals surface area (Å²) in [6.45, 7) is 12.1. The molecule has 0 radical (unpaired) electrons. The van der Waals surface area contributed by atoms with Gasteiger partial charge in [0.25, 0.3) is 0 Å². The molecule has 10 heteroatoms. The average Bonchev–Trinajstić information content (AvgIpc) is 2.37. The number of carbonyl (C=O) groups is 1. The van der Waals surface area contributed by atoms with E-state index in [0.29, 0.717) is 6.61 Å². The van der Waals surface area contributed by atoms with Crippen molar-refractivity contribution in [2.45, 2.75) is 45.7 Å². The van der Waals surface area contributed by atoms with Crippen LogP contribution in [0, 0.1) is 10.8 Å². The fourth-order valence-electron chi connectivity index (χ4n) is 0.559. The third-order valence-electron chi connectivity index (χ3n) is 2.32. The molecule has 0 heterocycles. The van der Waals surface area contributed by atoms with E-state index in [1.54, 1.807) is 34.6 Å². The van der Waals surface area contributed by atoms with Crippen molar-refractivity contribution in [3.05, 3.63) is 12.7 Å². The Bertz CT molecular complexity index is 408. The Morgan fingerprint density at radius 1 is 1.09 bits per heavy atom. The molecule has 0 aliphatic rings. The maximum Gasteiger partial charge on any atom is 0.330 e. The van der Waals surface area contributed by atoms with Gasteiger partial charge in [-0.1, -0.05) is 6.58 Å². The molecule has 0 bridgehead atoms. The highest BCUT2D eigenvalue weighted by atomic mass is 35.5. The van der Waals surface area contributed by atoms with E-state index in [0.717, 1.165) is 6.08 Å². The Morgan fingerprint density at radius 3 is 1.52 bits per heavy atom. The van der Waals surface area contributed by atoms with Gasteiger partial charge in [-0.15, -0.1) is 24.8 Å². The summed E-state index contributed by atoms with van der Waals surface area (Å²) >= 11 is 0. The van der Waals surface area contributed by atoms with Gasteiger partial charge in [0.2, 0.25) is 0 Å². The van der Waals surface area contributed by atoms with Crippen LogP contribution in [-0.4, -0.2) is 35.3 Å². The summed E-state index contributed by atoms with van der Waals surface area (Å²) in [6.07, 6.45) is 1.14. The topological polar surface area (TPSA) is 151 Å². The van der Waals surface area contributed by atoms with E-state index in [-0.39, 0.29) is 42.5 Å². The SMILES string of the molecule is C=CC(=O)OCC.CC(C)(N=NC(C)(C)C(=N)N)C(=N)N.Cl.Cl. The molecule has 0 aromatic carbocycles. The van der Waals surface area contributed by atoms with E-state index >= 15 is 0 Å². The first kappa shape index (κ1) is 29.4. The van der Waals surface area contributed by atoms with Gasteiger partial charge in [-0.05, 0) is 34.6 Å². The van der Waals surface area contributed by atoms with Gasteiger partial charge >= 0.3 is 5.97 Å². The number of azo groups is 1. The molecule has 0 amide bonds. The van der Waals surface area contributed by atoms with Crippen molar-refractivity contribution in [3.8, 4) is 0 Å². The van der Waals surface area contributed by atoms with Crippen molar-refractivity contribution in [3.63, 3.8) is 0 Å². The predicted octanol–water partition coefficient (Wildman–Crippen LogP) is 2.45. The Labute approximate surface area is 150 Å². The quantitative estimate of drug-likeness (QED) is 0.186. The number of carbonyl (C=O) groups excluding carboxylic acids is 1. The minimum absolute atomic E-state index is 0. The monoisotopic (exact) mass is 370 g/mol. The minimum atomic E-state index is -0.841. The number of nitrogens with one attached hydrogen (secondary N) is 2. The lowest BCUT2D eigenvalue weighted by atomic mass is 10.1. The lowest BCUT2D eigenvalue weighted by Gasteiger charge is -2.20. The van der Waals surface area contributed by atoms with Crippen LogP contribution in [0.1, 0.15) is 34.6 Å². The van der Waals surface area contributed by atoms with Crippen LogP contribution in [0.25, 0.3) is 0 Å². The van der Waals surface area contributed by atoms with Crippen LogP contribution in [0.4, 0.5) is 0 Å². The molecule has 136 valence electrons. The molecule has 0 rings (SSSR count). The molecule has 0 atom stereocenters. The highest BCUT2D eigenvalue weighted by Gasteiger charge is 2.25. The van der Waals surface area contributed by atoms with Crippen LogP contribution in [0.3, 0.4) is 0 Å². The molecule has 0 aromatic heterocycles. The van der Waals surface area contributed by atoms with Gasteiger partial charge in [0.15, 0.2) is 0 Å². The molecular formula is C13H28Cl2N6O2. The molecule has 0 aliphatic carbocycles. The summed E-state index contributed by atoms with van der Waals surface area (Å²) in [5, 5.41) is 22.3. The Hall–Kier alpha value is -1.67. The number of esters is 1. The van der Waals surface area contributed by atoms with E-state index in [9.17, 15) is 4.79 Å². The second-order valence-corrected chi connectivity index (χ2v) is 5.10. The second-order valence-electron chi connectivity index (χ2n) is 5.10. The normalized spacial score (nSPS) is 10.3. The molecule has 0 aliphatic heterocycles. The first-order valence-corrected chi connectivity index (χ1v) is 6.33. The Kier molecular flexibility index (Phi) is 16.4. The minimum Gasteiger partial charge on any atom is -0.463 e. The van der Waals surface area contributed by atoms with Crippen LogP contribution >= 0.6 is 24.8 Å². The molecule has 8 nitrogen and oxygen atoms in total. The van der Waals surface area contributed by atoms with Crippen LogP contribution < -0.4 is 11.5 Å². The summed E-state index contributed by atoms with van der Waals surface area (Å²) in [6, 6.07) is 0. The summed E-state index contributed by atoms with van der Waals surface area (Å²) in [5.74, 6) is -0.497.